The van der Waals surface area contributed by atoms with Gasteiger partial charge in [-0.1, -0.05) is 48.0 Å². The van der Waals surface area contributed by atoms with Crippen molar-refractivity contribution in [2.75, 3.05) is 33.2 Å². The van der Waals surface area contributed by atoms with Crippen LogP contribution in [-0.2, 0) is 27.3 Å². The molecular formula is C27H30ClN3O3S. The number of amides is 1. The maximum absolute atomic E-state index is 13.5. The number of thiazole rings is 1. The van der Waals surface area contributed by atoms with Crippen molar-refractivity contribution < 1.29 is 14.6 Å². The number of carbonyl (C=O) groups excluding carboxylic acids is 1. The minimum atomic E-state index is -1.84. The fourth-order valence-electron chi connectivity index (χ4n) is 5.28. The number of ether oxygens (including phenoxy) is 1. The van der Waals surface area contributed by atoms with Crippen LogP contribution >= 0.6 is 22.9 Å². The molecule has 6 nitrogen and oxygen atoms in total. The number of benzene rings is 2. The molecule has 1 N–H and O–H groups in total. The number of aromatic nitrogens is 1. The van der Waals surface area contributed by atoms with Crippen LogP contribution in [0.15, 0.2) is 60.1 Å². The SMILES string of the molecule is CN(CCCN1CCC2(CC1)OCc1ccccc12)C(=O)C(O)(c1ccc(Cl)cc1)c1nccs1. The van der Waals surface area contributed by atoms with Crippen LogP contribution in [0.25, 0.3) is 0 Å². The molecule has 0 aliphatic carbocycles. The van der Waals surface area contributed by atoms with Crippen LogP contribution < -0.4 is 0 Å². The largest absolute Gasteiger partial charge is 0.370 e. The maximum Gasteiger partial charge on any atom is 0.266 e. The molecule has 1 fully saturated rings. The molecule has 5 rings (SSSR count). The summed E-state index contributed by atoms with van der Waals surface area (Å²) in [6.07, 6.45) is 4.39. The van der Waals surface area contributed by atoms with Gasteiger partial charge in [0, 0.05) is 48.8 Å². The van der Waals surface area contributed by atoms with Gasteiger partial charge < -0.3 is 19.6 Å². The van der Waals surface area contributed by atoms with E-state index in [1.807, 2.05) is 0 Å². The van der Waals surface area contributed by atoms with E-state index >= 15 is 0 Å². The molecule has 3 heterocycles. The van der Waals surface area contributed by atoms with Gasteiger partial charge in [-0.25, -0.2) is 4.98 Å². The first-order valence-corrected chi connectivity index (χ1v) is 13.3. The Kier molecular flexibility index (Phi) is 6.97. The Labute approximate surface area is 215 Å². The molecule has 8 heteroatoms. The van der Waals surface area contributed by atoms with Crippen LogP contribution in [0.5, 0.6) is 0 Å². The second-order valence-electron chi connectivity index (χ2n) is 9.42. The Hall–Kier alpha value is -2.29. The van der Waals surface area contributed by atoms with Crippen molar-refractivity contribution in [3.8, 4) is 0 Å². The predicted molar refractivity (Wildman–Crippen MR) is 137 cm³/mol. The Morgan fingerprint density at radius 3 is 2.69 bits per heavy atom. The van der Waals surface area contributed by atoms with Crippen LogP contribution in [0.2, 0.25) is 5.02 Å². The molecule has 1 saturated heterocycles. The van der Waals surface area contributed by atoms with E-state index in [0.717, 1.165) is 38.9 Å². The zero-order valence-electron chi connectivity index (χ0n) is 19.8. The molecule has 1 atom stereocenters. The molecule has 2 aromatic carbocycles. The van der Waals surface area contributed by atoms with Crippen LogP contribution in [0.1, 0.15) is 41.0 Å². The monoisotopic (exact) mass is 511 g/mol. The molecule has 1 spiro atoms. The summed E-state index contributed by atoms with van der Waals surface area (Å²) in [5.41, 5.74) is 1.16. The molecule has 0 saturated carbocycles. The number of nitrogens with zero attached hydrogens (tertiary/aromatic N) is 3. The van der Waals surface area contributed by atoms with E-state index in [-0.39, 0.29) is 11.5 Å². The Morgan fingerprint density at radius 1 is 1.23 bits per heavy atom. The zero-order valence-corrected chi connectivity index (χ0v) is 21.4. The Balaban J connectivity index is 1.18. The van der Waals surface area contributed by atoms with Gasteiger partial charge in [-0.15, -0.1) is 11.3 Å². The van der Waals surface area contributed by atoms with Crippen LogP contribution in [0.4, 0.5) is 0 Å². The Morgan fingerprint density at radius 2 is 1.97 bits per heavy atom. The third-order valence-electron chi connectivity index (χ3n) is 7.30. The van der Waals surface area contributed by atoms with Crippen LogP contribution in [0.3, 0.4) is 0 Å². The Bertz CT molecular complexity index is 1160. The van der Waals surface area contributed by atoms with Gasteiger partial charge >= 0.3 is 0 Å². The van der Waals surface area contributed by atoms with Gasteiger partial charge in [0.15, 0.2) is 0 Å². The molecule has 1 aromatic heterocycles. The van der Waals surface area contributed by atoms with E-state index in [4.69, 9.17) is 16.3 Å². The highest BCUT2D eigenvalue weighted by molar-refractivity contribution is 7.09. The lowest BCUT2D eigenvalue weighted by atomic mass is 9.84. The molecule has 184 valence electrons. The third-order valence-corrected chi connectivity index (χ3v) is 8.44. The van der Waals surface area contributed by atoms with Gasteiger partial charge in [-0.3, -0.25) is 4.79 Å². The number of fused-ring (bicyclic) bond motifs is 2. The summed E-state index contributed by atoms with van der Waals surface area (Å²) < 4.78 is 6.28. The average Bonchev–Trinajstić information content (AvgIpc) is 3.55. The van der Waals surface area contributed by atoms with Crippen molar-refractivity contribution in [3.05, 3.63) is 86.8 Å². The first-order chi connectivity index (χ1) is 16.9. The van der Waals surface area contributed by atoms with Crippen molar-refractivity contribution in [3.63, 3.8) is 0 Å². The molecular weight excluding hydrogens is 482 g/mol. The topological polar surface area (TPSA) is 65.9 Å². The van der Waals surface area contributed by atoms with Gasteiger partial charge in [0.1, 0.15) is 5.01 Å². The predicted octanol–water partition coefficient (Wildman–Crippen LogP) is 4.40. The minimum Gasteiger partial charge on any atom is -0.370 e. The highest BCUT2D eigenvalue weighted by Crippen LogP contribution is 2.44. The molecule has 2 aliphatic heterocycles. The second-order valence-corrected chi connectivity index (χ2v) is 10.7. The first-order valence-electron chi connectivity index (χ1n) is 12.0. The van der Waals surface area contributed by atoms with Gasteiger partial charge in [0.25, 0.3) is 5.91 Å². The lowest BCUT2D eigenvalue weighted by Crippen LogP contribution is -2.47. The molecule has 1 amide bonds. The summed E-state index contributed by atoms with van der Waals surface area (Å²) in [7, 11) is 1.74. The van der Waals surface area contributed by atoms with Crippen molar-refractivity contribution in [1.29, 1.82) is 0 Å². The minimum absolute atomic E-state index is 0.136. The van der Waals surface area contributed by atoms with E-state index in [1.165, 1.54) is 22.5 Å². The summed E-state index contributed by atoms with van der Waals surface area (Å²) in [4.78, 5) is 21.8. The number of carbonyl (C=O) groups is 1. The average molecular weight is 512 g/mol. The van der Waals surface area contributed by atoms with Crippen molar-refractivity contribution in [1.82, 2.24) is 14.8 Å². The smallest absolute Gasteiger partial charge is 0.266 e. The number of likely N-dealkylation sites (tertiary alicyclic amines) is 1. The molecule has 1 unspecified atom stereocenters. The number of piperidine rings is 1. The summed E-state index contributed by atoms with van der Waals surface area (Å²) in [6, 6.07) is 15.3. The van der Waals surface area contributed by atoms with Gasteiger partial charge in [-0.05, 0) is 49.1 Å². The molecule has 0 radical (unpaired) electrons. The van der Waals surface area contributed by atoms with Gasteiger partial charge in [0.2, 0.25) is 5.60 Å². The second kappa shape index (κ2) is 9.99. The maximum atomic E-state index is 13.5. The summed E-state index contributed by atoms with van der Waals surface area (Å²) >= 11 is 7.30. The molecule has 0 bridgehead atoms. The first kappa shape index (κ1) is 24.4. The number of aliphatic hydroxyl groups is 1. The summed E-state index contributed by atoms with van der Waals surface area (Å²) in [5.74, 6) is -0.386. The highest BCUT2D eigenvalue weighted by Gasteiger charge is 2.45. The lowest BCUT2D eigenvalue weighted by Gasteiger charge is -2.39. The highest BCUT2D eigenvalue weighted by atomic mass is 35.5. The van der Waals surface area contributed by atoms with E-state index < -0.39 is 5.60 Å². The number of hydrogen-bond acceptors (Lipinski definition) is 6. The number of halogens is 1. The fourth-order valence-corrected chi connectivity index (χ4v) is 6.15. The van der Waals surface area contributed by atoms with E-state index in [2.05, 4.69) is 34.1 Å². The van der Waals surface area contributed by atoms with Gasteiger partial charge in [-0.2, -0.15) is 0 Å². The lowest BCUT2D eigenvalue weighted by molar-refractivity contribution is -0.146. The zero-order chi connectivity index (χ0) is 24.5. The fraction of sp³-hybridized carbons (Fsp3) is 0.407. The quantitative estimate of drug-likeness (QED) is 0.509. The number of rotatable bonds is 7. The van der Waals surface area contributed by atoms with Crippen molar-refractivity contribution >= 4 is 28.8 Å². The molecule has 2 aliphatic rings. The van der Waals surface area contributed by atoms with Crippen molar-refractivity contribution in [2.24, 2.45) is 0 Å². The van der Waals surface area contributed by atoms with Gasteiger partial charge in [0.05, 0.1) is 12.2 Å². The van der Waals surface area contributed by atoms with E-state index in [9.17, 15) is 9.90 Å². The number of likely N-dealkylation sites (N-methyl/N-ethyl adjacent to an activating group) is 1. The van der Waals surface area contributed by atoms with Crippen molar-refractivity contribution in [2.45, 2.75) is 37.1 Å². The normalized spacial score (nSPS) is 18.8. The van der Waals surface area contributed by atoms with Crippen LogP contribution in [-0.4, -0.2) is 59.0 Å². The van der Waals surface area contributed by atoms with E-state index in [0.29, 0.717) is 28.7 Å². The summed E-state index contributed by atoms with van der Waals surface area (Å²) in [5, 5.41) is 14.3. The third kappa shape index (κ3) is 4.63. The summed E-state index contributed by atoms with van der Waals surface area (Å²) in [6.45, 7) is 4.09. The number of hydrogen-bond donors (Lipinski definition) is 1. The van der Waals surface area contributed by atoms with E-state index in [1.54, 1.807) is 47.8 Å². The standard InChI is InChI=1S/C27H30ClN3O3S/c1-30(25(32)27(33,24-29-13-18-35-24)21-7-9-22(28)10-8-21)14-4-15-31-16-11-26(12-17-31)23-6-3-2-5-20(23)19-34-26/h2-3,5-10,13,18,33H,4,11-12,14-17,19H2,1H3. The van der Waals surface area contributed by atoms with Crippen LogP contribution in [0, 0.1) is 0 Å². The molecule has 3 aromatic rings. The molecule has 35 heavy (non-hydrogen) atoms.